The first-order chi connectivity index (χ1) is 9.20. The van der Waals surface area contributed by atoms with E-state index >= 15 is 0 Å². The van der Waals surface area contributed by atoms with Crippen LogP contribution in [-0.2, 0) is 6.54 Å². The summed E-state index contributed by atoms with van der Waals surface area (Å²) in [7, 11) is 0. The molecule has 2 rings (SSSR count). The first kappa shape index (κ1) is 14.5. The molecule has 5 heteroatoms. The zero-order valence-corrected chi connectivity index (χ0v) is 12.5. The molecule has 1 fully saturated rings. The Morgan fingerprint density at radius 3 is 3.05 bits per heavy atom. The van der Waals surface area contributed by atoms with Crippen molar-refractivity contribution in [3.8, 4) is 0 Å². The highest BCUT2D eigenvalue weighted by Crippen LogP contribution is 2.11. The van der Waals surface area contributed by atoms with Crippen molar-refractivity contribution in [2.75, 3.05) is 19.6 Å². The molecule has 0 amide bonds. The number of nitrogens with one attached hydrogen (secondary N) is 1. The number of aromatic nitrogens is 3. The molecule has 0 spiro atoms. The van der Waals surface area contributed by atoms with Crippen molar-refractivity contribution in [1.82, 2.24) is 25.0 Å². The van der Waals surface area contributed by atoms with Gasteiger partial charge in [0.25, 0.3) is 0 Å². The van der Waals surface area contributed by atoms with Crippen LogP contribution in [0.15, 0.2) is 6.33 Å². The Balaban J connectivity index is 1.98. The van der Waals surface area contributed by atoms with Crippen LogP contribution in [0.2, 0.25) is 0 Å². The van der Waals surface area contributed by atoms with Crippen molar-refractivity contribution in [2.24, 2.45) is 0 Å². The number of hydrogen-bond acceptors (Lipinski definition) is 4. The number of hydrogen-bond donors (Lipinski definition) is 1. The molecule has 108 valence electrons. The van der Waals surface area contributed by atoms with Crippen LogP contribution in [0.4, 0.5) is 0 Å². The second kappa shape index (κ2) is 7.01. The second-order valence-corrected chi connectivity index (χ2v) is 5.74. The van der Waals surface area contributed by atoms with E-state index in [1.54, 1.807) is 6.33 Å². The minimum absolute atomic E-state index is 0.383. The summed E-state index contributed by atoms with van der Waals surface area (Å²) in [5, 5.41) is 7.97. The highest BCUT2D eigenvalue weighted by atomic mass is 15.4. The van der Waals surface area contributed by atoms with Gasteiger partial charge >= 0.3 is 0 Å². The van der Waals surface area contributed by atoms with Gasteiger partial charge in [0, 0.05) is 18.6 Å². The normalized spacial score (nSPS) is 21.8. The molecule has 0 aromatic carbocycles. The van der Waals surface area contributed by atoms with Crippen LogP contribution >= 0.6 is 0 Å². The van der Waals surface area contributed by atoms with Gasteiger partial charge in [-0.2, -0.15) is 5.10 Å². The molecule has 5 nitrogen and oxygen atoms in total. The molecule has 2 heterocycles. The average molecular weight is 265 g/mol. The van der Waals surface area contributed by atoms with Gasteiger partial charge in [-0.15, -0.1) is 0 Å². The van der Waals surface area contributed by atoms with Gasteiger partial charge in [0.15, 0.2) is 0 Å². The molecule has 1 atom stereocenters. The van der Waals surface area contributed by atoms with Gasteiger partial charge in [-0.1, -0.05) is 13.3 Å². The highest BCUT2D eigenvalue weighted by molar-refractivity contribution is 4.88. The van der Waals surface area contributed by atoms with Crippen LogP contribution in [0.3, 0.4) is 0 Å². The summed E-state index contributed by atoms with van der Waals surface area (Å²) in [6.07, 6.45) is 5.39. The fourth-order valence-electron chi connectivity index (χ4n) is 2.78. The highest BCUT2D eigenvalue weighted by Gasteiger charge is 2.19. The first-order valence-corrected chi connectivity index (χ1v) is 7.54. The maximum absolute atomic E-state index is 4.42. The van der Waals surface area contributed by atoms with Crippen LogP contribution in [0.1, 0.15) is 51.9 Å². The number of nitrogens with zero attached hydrogens (tertiary/aromatic N) is 4. The Morgan fingerprint density at radius 1 is 1.47 bits per heavy atom. The van der Waals surface area contributed by atoms with Crippen molar-refractivity contribution in [1.29, 1.82) is 0 Å². The molecule has 1 aliphatic rings. The Kier molecular flexibility index (Phi) is 5.34. The Hall–Kier alpha value is -0.940. The maximum atomic E-state index is 4.42. The molecule has 1 aromatic heterocycles. The fraction of sp³-hybridized carbons (Fsp3) is 0.857. The molecule has 1 aliphatic heterocycles. The summed E-state index contributed by atoms with van der Waals surface area (Å²) < 4.78 is 2.03. The van der Waals surface area contributed by atoms with Crippen LogP contribution in [-0.4, -0.2) is 45.3 Å². The first-order valence-electron chi connectivity index (χ1n) is 7.54. The van der Waals surface area contributed by atoms with Gasteiger partial charge in [-0.25, -0.2) is 9.67 Å². The third kappa shape index (κ3) is 4.01. The van der Waals surface area contributed by atoms with Crippen molar-refractivity contribution in [3.05, 3.63) is 12.2 Å². The summed E-state index contributed by atoms with van der Waals surface area (Å²) in [6.45, 7) is 10.9. The molecule has 0 radical (unpaired) electrons. The van der Waals surface area contributed by atoms with Crippen molar-refractivity contribution < 1.29 is 0 Å². The third-order valence-corrected chi connectivity index (χ3v) is 3.70. The summed E-state index contributed by atoms with van der Waals surface area (Å²) >= 11 is 0. The van der Waals surface area contributed by atoms with E-state index in [0.29, 0.717) is 12.1 Å². The number of rotatable bonds is 5. The predicted octanol–water partition coefficient (Wildman–Crippen LogP) is 1.82. The van der Waals surface area contributed by atoms with E-state index in [0.717, 1.165) is 32.0 Å². The summed E-state index contributed by atoms with van der Waals surface area (Å²) in [5.41, 5.74) is 0. The van der Waals surface area contributed by atoms with Crippen molar-refractivity contribution in [2.45, 2.75) is 58.7 Å². The lowest BCUT2D eigenvalue weighted by Crippen LogP contribution is -2.37. The molecular weight excluding hydrogens is 238 g/mol. The topological polar surface area (TPSA) is 46.0 Å². The summed E-state index contributed by atoms with van der Waals surface area (Å²) in [5.74, 6) is 1.09. The Morgan fingerprint density at radius 2 is 2.32 bits per heavy atom. The smallest absolute Gasteiger partial charge is 0.141 e. The fourth-order valence-corrected chi connectivity index (χ4v) is 2.78. The zero-order valence-electron chi connectivity index (χ0n) is 12.5. The van der Waals surface area contributed by atoms with Gasteiger partial charge in [0.1, 0.15) is 12.2 Å². The van der Waals surface area contributed by atoms with E-state index in [1.807, 2.05) is 4.68 Å². The maximum Gasteiger partial charge on any atom is 0.141 e. The molecule has 0 saturated carbocycles. The van der Waals surface area contributed by atoms with Gasteiger partial charge < -0.3 is 5.32 Å². The predicted molar refractivity (Wildman–Crippen MR) is 77.0 cm³/mol. The van der Waals surface area contributed by atoms with E-state index < -0.39 is 0 Å². The van der Waals surface area contributed by atoms with E-state index in [-0.39, 0.29) is 0 Å². The van der Waals surface area contributed by atoms with Crippen LogP contribution < -0.4 is 5.32 Å². The van der Waals surface area contributed by atoms with Gasteiger partial charge in [-0.05, 0) is 39.8 Å². The Labute approximate surface area is 116 Å². The molecule has 1 saturated heterocycles. The lowest BCUT2D eigenvalue weighted by Gasteiger charge is -2.24. The lowest BCUT2D eigenvalue weighted by molar-refractivity contribution is 0.242. The van der Waals surface area contributed by atoms with Crippen LogP contribution in [0, 0.1) is 0 Å². The quantitative estimate of drug-likeness (QED) is 0.882. The minimum atomic E-state index is 0.383. The largest absolute Gasteiger partial charge is 0.313 e. The van der Waals surface area contributed by atoms with Gasteiger partial charge in [-0.3, -0.25) is 4.90 Å². The van der Waals surface area contributed by atoms with Crippen molar-refractivity contribution in [3.63, 3.8) is 0 Å². The summed E-state index contributed by atoms with van der Waals surface area (Å²) in [4.78, 5) is 6.94. The van der Waals surface area contributed by atoms with Gasteiger partial charge in [0.05, 0.1) is 6.54 Å². The molecule has 19 heavy (non-hydrogen) atoms. The SMILES string of the molecule is CCCC1CN(Cc2ncnn2C(C)C)CCCN1. The second-order valence-electron chi connectivity index (χ2n) is 5.74. The van der Waals surface area contributed by atoms with E-state index in [9.17, 15) is 0 Å². The van der Waals surface area contributed by atoms with Gasteiger partial charge in [0.2, 0.25) is 0 Å². The minimum Gasteiger partial charge on any atom is -0.313 e. The zero-order chi connectivity index (χ0) is 13.7. The van der Waals surface area contributed by atoms with Crippen LogP contribution in [0.5, 0.6) is 0 Å². The molecular formula is C14H27N5. The molecule has 1 N–H and O–H groups in total. The average Bonchev–Trinajstić information content (AvgIpc) is 2.71. The van der Waals surface area contributed by atoms with Crippen molar-refractivity contribution >= 4 is 0 Å². The monoisotopic (exact) mass is 265 g/mol. The molecule has 0 aliphatic carbocycles. The van der Waals surface area contributed by atoms with E-state index in [1.165, 1.54) is 19.3 Å². The standard InChI is InChI=1S/C14H27N5/c1-4-6-13-9-18(8-5-7-15-13)10-14-16-11-17-19(14)12(2)3/h11-13,15H,4-10H2,1-3H3. The molecule has 0 bridgehead atoms. The Bertz CT molecular complexity index is 374. The van der Waals surface area contributed by atoms with E-state index in [4.69, 9.17) is 0 Å². The third-order valence-electron chi connectivity index (χ3n) is 3.70. The molecule has 1 aromatic rings. The lowest BCUT2D eigenvalue weighted by atomic mass is 10.1. The van der Waals surface area contributed by atoms with E-state index in [2.05, 4.69) is 41.1 Å². The summed E-state index contributed by atoms with van der Waals surface area (Å²) in [6, 6.07) is 1.01. The van der Waals surface area contributed by atoms with Crippen LogP contribution in [0.25, 0.3) is 0 Å². The molecule has 1 unspecified atom stereocenters.